The number of amides is 2. The number of nitrogens with zero attached hydrogens (tertiary/aromatic N) is 3. The van der Waals surface area contributed by atoms with Crippen LogP contribution in [0, 0.1) is 6.92 Å². The Balaban J connectivity index is 1.39. The van der Waals surface area contributed by atoms with E-state index in [-0.39, 0.29) is 11.8 Å². The maximum absolute atomic E-state index is 13.2. The highest BCUT2D eigenvalue weighted by Crippen LogP contribution is 2.19. The second-order valence-electron chi connectivity index (χ2n) is 8.98. The minimum absolute atomic E-state index is 0.151. The second-order valence-corrected chi connectivity index (χ2v) is 8.98. The van der Waals surface area contributed by atoms with Gasteiger partial charge in [0.05, 0.1) is 11.9 Å². The summed E-state index contributed by atoms with van der Waals surface area (Å²) in [7, 11) is 1.83. The molecular weight excluding hydrogens is 438 g/mol. The summed E-state index contributed by atoms with van der Waals surface area (Å²) in [6, 6.07) is 21.5. The van der Waals surface area contributed by atoms with E-state index < -0.39 is 6.04 Å². The fraction of sp³-hybridized carbons (Fsp3) is 0.321. The Kier molecular flexibility index (Phi) is 8.11. The molecule has 1 aliphatic rings. The van der Waals surface area contributed by atoms with Gasteiger partial charge in [-0.3, -0.25) is 9.59 Å². The van der Waals surface area contributed by atoms with Crippen LogP contribution in [-0.4, -0.2) is 54.9 Å². The lowest BCUT2D eigenvalue weighted by atomic mass is 10.1. The van der Waals surface area contributed by atoms with Crippen molar-refractivity contribution in [1.82, 2.24) is 15.2 Å². The van der Waals surface area contributed by atoms with E-state index in [9.17, 15) is 9.59 Å². The molecule has 4 rings (SSSR count). The molecule has 1 atom stereocenters. The number of likely N-dealkylation sites (N-methyl/N-ethyl adjacent to an activating group) is 1. The van der Waals surface area contributed by atoms with Crippen molar-refractivity contribution in [2.75, 3.05) is 43.4 Å². The molecule has 7 nitrogen and oxygen atoms in total. The van der Waals surface area contributed by atoms with Gasteiger partial charge >= 0.3 is 0 Å². The number of rotatable bonds is 8. The van der Waals surface area contributed by atoms with E-state index in [1.807, 2.05) is 49.5 Å². The van der Waals surface area contributed by atoms with E-state index in [1.54, 1.807) is 11.1 Å². The van der Waals surface area contributed by atoms with E-state index in [1.165, 1.54) is 11.1 Å². The molecule has 0 saturated carbocycles. The average Bonchev–Trinajstić information content (AvgIpc) is 3.04. The second kappa shape index (κ2) is 11.6. The zero-order valence-electron chi connectivity index (χ0n) is 20.4. The molecule has 1 aliphatic heterocycles. The molecule has 2 amide bonds. The Morgan fingerprint density at radius 1 is 1.00 bits per heavy atom. The monoisotopic (exact) mass is 471 g/mol. The van der Waals surface area contributed by atoms with Gasteiger partial charge < -0.3 is 20.4 Å². The van der Waals surface area contributed by atoms with Gasteiger partial charge in [-0.05, 0) is 36.6 Å². The van der Waals surface area contributed by atoms with E-state index in [4.69, 9.17) is 0 Å². The maximum Gasteiger partial charge on any atom is 0.247 e. The third-order valence-electron chi connectivity index (χ3n) is 6.37. The molecular formula is C28H33N5O2. The predicted octanol–water partition coefficient (Wildman–Crippen LogP) is 3.57. The molecule has 1 fully saturated rings. The van der Waals surface area contributed by atoms with Crippen LogP contribution in [-0.2, 0) is 16.0 Å². The molecule has 0 bridgehead atoms. The van der Waals surface area contributed by atoms with Gasteiger partial charge in [0.25, 0.3) is 0 Å². The molecule has 1 unspecified atom stereocenters. The van der Waals surface area contributed by atoms with Crippen molar-refractivity contribution in [1.29, 1.82) is 0 Å². The van der Waals surface area contributed by atoms with Crippen molar-refractivity contribution in [3.8, 4) is 0 Å². The Hall–Kier alpha value is -3.71. The normalized spacial score (nSPS) is 15.0. The van der Waals surface area contributed by atoms with Crippen LogP contribution in [0.25, 0.3) is 0 Å². The standard InChI is InChI=1S/C28H33N5O2/c1-21-8-10-22(11-9-21)14-16-29-27(23-6-4-3-5-7-23)28(35)31-25-13-12-24(20-30-25)33-17-15-26(34)32(2)18-19-33/h3-13,20,27,29H,14-19H2,1-2H3,(H,30,31,35). The van der Waals surface area contributed by atoms with Gasteiger partial charge in [-0.1, -0.05) is 60.2 Å². The number of nitrogens with one attached hydrogen (secondary N) is 2. The summed E-state index contributed by atoms with van der Waals surface area (Å²) in [5.74, 6) is 0.511. The van der Waals surface area contributed by atoms with Crippen LogP contribution in [0.15, 0.2) is 72.9 Å². The van der Waals surface area contributed by atoms with Crippen LogP contribution in [0.4, 0.5) is 11.5 Å². The molecule has 0 aliphatic carbocycles. The summed E-state index contributed by atoms with van der Waals surface area (Å²) in [6.45, 7) is 4.86. The predicted molar refractivity (Wildman–Crippen MR) is 139 cm³/mol. The molecule has 35 heavy (non-hydrogen) atoms. The number of pyridine rings is 1. The molecule has 2 aromatic carbocycles. The summed E-state index contributed by atoms with van der Waals surface area (Å²) in [5.41, 5.74) is 4.32. The summed E-state index contributed by atoms with van der Waals surface area (Å²) in [5, 5.41) is 6.37. The third-order valence-corrected chi connectivity index (χ3v) is 6.37. The first kappa shape index (κ1) is 24.4. The van der Waals surface area contributed by atoms with Crippen molar-refractivity contribution in [2.45, 2.75) is 25.8 Å². The topological polar surface area (TPSA) is 77.6 Å². The number of hydrogen-bond acceptors (Lipinski definition) is 5. The van der Waals surface area contributed by atoms with Crippen LogP contribution >= 0.6 is 0 Å². The zero-order chi connectivity index (χ0) is 24.6. The average molecular weight is 472 g/mol. The first-order valence-corrected chi connectivity index (χ1v) is 12.1. The molecule has 0 radical (unpaired) electrons. The van der Waals surface area contributed by atoms with Crippen molar-refractivity contribution >= 4 is 23.3 Å². The molecule has 7 heteroatoms. The fourth-order valence-electron chi connectivity index (χ4n) is 4.16. The van der Waals surface area contributed by atoms with Crippen molar-refractivity contribution < 1.29 is 9.59 Å². The van der Waals surface area contributed by atoms with Crippen LogP contribution in [0.1, 0.15) is 29.2 Å². The highest BCUT2D eigenvalue weighted by molar-refractivity contribution is 5.94. The van der Waals surface area contributed by atoms with Crippen LogP contribution in [0.3, 0.4) is 0 Å². The van der Waals surface area contributed by atoms with E-state index in [0.29, 0.717) is 31.9 Å². The molecule has 1 aromatic heterocycles. The number of aryl methyl sites for hydroxylation is 1. The van der Waals surface area contributed by atoms with Gasteiger partial charge in [-0.15, -0.1) is 0 Å². The Morgan fingerprint density at radius 2 is 1.77 bits per heavy atom. The van der Waals surface area contributed by atoms with Gasteiger partial charge in [0.2, 0.25) is 11.8 Å². The molecule has 3 aromatic rings. The van der Waals surface area contributed by atoms with Crippen LogP contribution in [0.2, 0.25) is 0 Å². The van der Waals surface area contributed by atoms with E-state index in [2.05, 4.69) is 51.7 Å². The number of carbonyl (C=O) groups is 2. The maximum atomic E-state index is 13.2. The van der Waals surface area contributed by atoms with Gasteiger partial charge in [0.15, 0.2) is 0 Å². The van der Waals surface area contributed by atoms with Crippen molar-refractivity contribution in [2.24, 2.45) is 0 Å². The Bertz CT molecular complexity index is 1120. The largest absolute Gasteiger partial charge is 0.368 e. The lowest BCUT2D eigenvalue weighted by Crippen LogP contribution is -2.34. The highest BCUT2D eigenvalue weighted by Gasteiger charge is 2.21. The summed E-state index contributed by atoms with van der Waals surface area (Å²) in [6.07, 6.45) is 3.08. The van der Waals surface area contributed by atoms with Gasteiger partial charge in [0, 0.05) is 39.6 Å². The van der Waals surface area contributed by atoms with E-state index >= 15 is 0 Å². The lowest BCUT2D eigenvalue weighted by Gasteiger charge is -2.22. The summed E-state index contributed by atoms with van der Waals surface area (Å²) < 4.78 is 0. The fourth-order valence-corrected chi connectivity index (χ4v) is 4.16. The lowest BCUT2D eigenvalue weighted by molar-refractivity contribution is -0.129. The van der Waals surface area contributed by atoms with Crippen LogP contribution < -0.4 is 15.5 Å². The summed E-state index contributed by atoms with van der Waals surface area (Å²) >= 11 is 0. The first-order valence-electron chi connectivity index (χ1n) is 12.1. The minimum atomic E-state index is -0.490. The molecule has 1 saturated heterocycles. The van der Waals surface area contributed by atoms with Crippen LogP contribution in [0.5, 0.6) is 0 Å². The number of carbonyl (C=O) groups excluding carboxylic acids is 2. The van der Waals surface area contributed by atoms with E-state index in [0.717, 1.165) is 24.2 Å². The van der Waals surface area contributed by atoms with Crippen molar-refractivity contribution in [3.05, 3.63) is 89.6 Å². The number of aromatic nitrogens is 1. The number of hydrogen-bond donors (Lipinski definition) is 2. The molecule has 2 N–H and O–H groups in total. The number of anilines is 2. The van der Waals surface area contributed by atoms with Gasteiger partial charge in [0.1, 0.15) is 11.9 Å². The molecule has 0 spiro atoms. The quantitative estimate of drug-likeness (QED) is 0.525. The highest BCUT2D eigenvalue weighted by atomic mass is 16.2. The minimum Gasteiger partial charge on any atom is -0.368 e. The smallest absolute Gasteiger partial charge is 0.247 e. The van der Waals surface area contributed by atoms with Gasteiger partial charge in [-0.2, -0.15) is 0 Å². The number of benzene rings is 2. The first-order chi connectivity index (χ1) is 17.0. The Morgan fingerprint density at radius 3 is 2.49 bits per heavy atom. The molecule has 2 heterocycles. The Labute approximate surface area is 207 Å². The summed E-state index contributed by atoms with van der Waals surface area (Å²) in [4.78, 5) is 33.6. The van der Waals surface area contributed by atoms with Gasteiger partial charge in [-0.25, -0.2) is 4.98 Å². The van der Waals surface area contributed by atoms with Crippen molar-refractivity contribution in [3.63, 3.8) is 0 Å². The zero-order valence-corrected chi connectivity index (χ0v) is 20.4. The SMILES string of the molecule is Cc1ccc(CCNC(C(=O)Nc2ccc(N3CCC(=O)N(C)CC3)cn2)c2ccccc2)cc1. The third kappa shape index (κ3) is 6.67. The molecule has 182 valence electrons.